The summed E-state index contributed by atoms with van der Waals surface area (Å²) in [6.07, 6.45) is -9.44. The van der Waals surface area contributed by atoms with E-state index >= 15 is 0 Å². The van der Waals surface area contributed by atoms with E-state index < -0.39 is 47.5 Å². The van der Waals surface area contributed by atoms with E-state index in [0.29, 0.717) is 16.6 Å². The number of imidazole rings is 1. The monoisotopic (exact) mass is 627 g/mol. The number of ether oxygens (including phenoxy) is 2. The van der Waals surface area contributed by atoms with Crippen LogP contribution in [0.3, 0.4) is 0 Å². The number of benzene rings is 2. The van der Waals surface area contributed by atoms with Crippen molar-refractivity contribution < 1.29 is 45.4 Å². The van der Waals surface area contributed by atoms with Gasteiger partial charge in [0.1, 0.15) is 11.4 Å². The molecule has 2 amide bonds. The molecule has 0 bridgehead atoms. The minimum Gasteiger partial charge on any atom is -0.472 e. The zero-order chi connectivity index (χ0) is 32.0. The molecule has 9 nitrogen and oxygen atoms in total. The van der Waals surface area contributed by atoms with Gasteiger partial charge in [0.05, 0.1) is 33.8 Å². The van der Waals surface area contributed by atoms with Crippen LogP contribution in [-0.2, 0) is 17.5 Å². The Morgan fingerprint density at radius 2 is 1.77 bits per heavy atom. The van der Waals surface area contributed by atoms with Crippen molar-refractivity contribution in [2.45, 2.75) is 77.0 Å². The molecular weight excluding hydrogens is 596 g/mol. The molecule has 1 aliphatic carbocycles. The number of alkyl halides is 6. The fourth-order valence-corrected chi connectivity index (χ4v) is 5.39. The van der Waals surface area contributed by atoms with Crippen LogP contribution in [-0.4, -0.2) is 51.4 Å². The summed E-state index contributed by atoms with van der Waals surface area (Å²) in [6.45, 7) is 4.82. The molecule has 2 heterocycles. The maximum absolute atomic E-state index is 13.8. The molecular formula is C29H31F6N5O4. The average Bonchev–Trinajstić information content (AvgIpc) is 3.30. The number of fused-ring (bicyclic) bond motifs is 2. The normalized spacial score (nSPS) is 19.4. The van der Waals surface area contributed by atoms with Gasteiger partial charge in [-0.1, -0.05) is 6.07 Å². The molecule has 1 aliphatic heterocycles. The lowest BCUT2D eigenvalue weighted by atomic mass is 9.84. The van der Waals surface area contributed by atoms with Crippen LogP contribution in [0.15, 0.2) is 30.3 Å². The molecule has 3 aromatic rings. The number of aromatic amines is 1. The van der Waals surface area contributed by atoms with Gasteiger partial charge in [0.25, 0.3) is 5.91 Å². The Morgan fingerprint density at radius 3 is 2.41 bits per heavy atom. The summed E-state index contributed by atoms with van der Waals surface area (Å²) in [6, 6.07) is 5.90. The smallest absolute Gasteiger partial charge is 0.418 e. The van der Waals surface area contributed by atoms with Gasteiger partial charge < -0.3 is 30.0 Å². The standard InChI is InChI=1S/C29H31F6N5O4/c1-27(2,3)44-26(42)36-13-15-4-9-19(29(33,34)35)20(10-15)37-25-38-21-11-18-23(12-22(21)39-25)43-14-40(24(18)41)17-7-5-16(6-8-17)28(30,31)32/h4,9-12,16-17H,5-8,13-14H2,1-3H3,(H,36,42)(H2,37,38,39). The lowest BCUT2D eigenvalue weighted by molar-refractivity contribution is -0.184. The lowest BCUT2D eigenvalue weighted by Gasteiger charge is -2.39. The molecule has 1 aromatic heterocycles. The molecule has 2 aromatic carbocycles. The zero-order valence-corrected chi connectivity index (χ0v) is 24.1. The Balaban J connectivity index is 1.34. The third-order valence-corrected chi connectivity index (χ3v) is 7.51. The number of hydrogen-bond donors (Lipinski definition) is 3. The first-order chi connectivity index (χ1) is 20.5. The number of rotatable bonds is 5. The van der Waals surface area contributed by atoms with Gasteiger partial charge in [-0.05, 0) is 70.2 Å². The van der Waals surface area contributed by atoms with Gasteiger partial charge >= 0.3 is 18.4 Å². The molecule has 0 saturated heterocycles. The van der Waals surface area contributed by atoms with Gasteiger partial charge in [0, 0.05) is 18.7 Å². The van der Waals surface area contributed by atoms with E-state index in [0.717, 1.165) is 6.07 Å². The molecule has 0 radical (unpaired) electrons. The van der Waals surface area contributed by atoms with Gasteiger partial charge in [0.2, 0.25) is 5.95 Å². The summed E-state index contributed by atoms with van der Waals surface area (Å²) in [5.41, 5.74) is -0.854. The quantitative estimate of drug-likeness (QED) is 0.257. The van der Waals surface area contributed by atoms with Crippen LogP contribution in [0.2, 0.25) is 0 Å². The number of H-pyrrole nitrogens is 1. The number of carbonyl (C=O) groups is 2. The van der Waals surface area contributed by atoms with Crippen molar-refractivity contribution in [3.63, 3.8) is 0 Å². The Labute approximate surface area is 248 Å². The van der Waals surface area contributed by atoms with Crippen LogP contribution in [0, 0.1) is 5.92 Å². The minimum atomic E-state index is -4.70. The molecule has 0 spiro atoms. The number of halogens is 6. The van der Waals surface area contributed by atoms with Crippen LogP contribution >= 0.6 is 0 Å². The second kappa shape index (κ2) is 11.4. The van der Waals surface area contributed by atoms with Gasteiger partial charge in [-0.25, -0.2) is 9.78 Å². The SMILES string of the molecule is CC(C)(C)OC(=O)NCc1ccc(C(F)(F)F)c(Nc2nc3cc4c(cc3[nH]2)C(=O)N(C2CCC(C(F)(F)F)CC2)CO4)c1. The van der Waals surface area contributed by atoms with E-state index in [1.807, 2.05) is 0 Å². The third-order valence-electron chi connectivity index (χ3n) is 7.51. The lowest BCUT2D eigenvalue weighted by Crippen LogP contribution is -2.47. The van der Waals surface area contributed by atoms with Gasteiger partial charge in [-0.2, -0.15) is 26.3 Å². The minimum absolute atomic E-state index is 0.0418. The van der Waals surface area contributed by atoms with Crippen LogP contribution in [0.4, 0.5) is 42.8 Å². The molecule has 0 unspecified atom stereocenters. The number of nitrogens with one attached hydrogen (secondary N) is 3. The Bertz CT molecular complexity index is 1550. The topological polar surface area (TPSA) is 109 Å². The number of carbonyl (C=O) groups excluding carboxylic acids is 2. The highest BCUT2D eigenvalue weighted by Gasteiger charge is 2.43. The predicted molar refractivity (Wildman–Crippen MR) is 147 cm³/mol. The van der Waals surface area contributed by atoms with Gasteiger partial charge in [-0.3, -0.25) is 4.79 Å². The van der Waals surface area contributed by atoms with E-state index in [1.54, 1.807) is 20.8 Å². The van der Waals surface area contributed by atoms with E-state index in [-0.39, 0.29) is 61.9 Å². The molecule has 44 heavy (non-hydrogen) atoms. The van der Waals surface area contributed by atoms with Crippen molar-refractivity contribution >= 4 is 34.7 Å². The van der Waals surface area contributed by atoms with Crippen LogP contribution in [0.5, 0.6) is 5.75 Å². The zero-order valence-electron chi connectivity index (χ0n) is 24.1. The fraction of sp³-hybridized carbons (Fsp3) is 0.483. The van der Waals surface area contributed by atoms with Crippen LogP contribution in [0.1, 0.15) is 67.9 Å². The summed E-state index contributed by atoms with van der Waals surface area (Å²) in [4.78, 5) is 33.9. The molecule has 5 rings (SSSR count). The Morgan fingerprint density at radius 1 is 1.07 bits per heavy atom. The van der Waals surface area contributed by atoms with Gasteiger partial charge in [-0.15, -0.1) is 0 Å². The first kappa shape index (κ1) is 31.3. The summed E-state index contributed by atoms with van der Waals surface area (Å²) in [5, 5.41) is 5.16. The predicted octanol–water partition coefficient (Wildman–Crippen LogP) is 7.26. The van der Waals surface area contributed by atoms with E-state index in [1.165, 1.54) is 29.2 Å². The fourth-order valence-electron chi connectivity index (χ4n) is 5.39. The van der Waals surface area contributed by atoms with Crippen molar-refractivity contribution in [1.82, 2.24) is 20.2 Å². The van der Waals surface area contributed by atoms with Crippen molar-refractivity contribution in [1.29, 1.82) is 0 Å². The molecule has 3 N–H and O–H groups in total. The number of anilines is 2. The van der Waals surface area contributed by atoms with E-state index in [2.05, 4.69) is 20.6 Å². The van der Waals surface area contributed by atoms with Crippen molar-refractivity contribution in [3.8, 4) is 5.75 Å². The maximum atomic E-state index is 13.8. The maximum Gasteiger partial charge on any atom is 0.418 e. The molecule has 15 heteroatoms. The van der Waals surface area contributed by atoms with Crippen LogP contribution < -0.4 is 15.4 Å². The van der Waals surface area contributed by atoms with Gasteiger partial charge in [0.15, 0.2) is 6.73 Å². The number of nitrogens with zero attached hydrogens (tertiary/aromatic N) is 2. The number of aromatic nitrogens is 2. The average molecular weight is 628 g/mol. The number of alkyl carbamates (subject to hydrolysis) is 1. The van der Waals surface area contributed by atoms with Crippen LogP contribution in [0.25, 0.3) is 11.0 Å². The van der Waals surface area contributed by atoms with Crippen molar-refractivity contribution in [2.75, 3.05) is 12.0 Å². The summed E-state index contributed by atoms with van der Waals surface area (Å²) >= 11 is 0. The molecule has 1 fully saturated rings. The van der Waals surface area contributed by atoms with Crippen molar-refractivity contribution in [3.05, 3.63) is 47.0 Å². The highest BCUT2D eigenvalue weighted by Crippen LogP contribution is 2.41. The van der Waals surface area contributed by atoms with E-state index in [9.17, 15) is 35.9 Å². The molecule has 1 saturated carbocycles. The highest BCUT2D eigenvalue weighted by atomic mass is 19.4. The second-order valence-electron chi connectivity index (χ2n) is 11.9. The Kier molecular flexibility index (Phi) is 8.10. The number of amides is 2. The van der Waals surface area contributed by atoms with E-state index in [4.69, 9.17) is 9.47 Å². The second-order valence-corrected chi connectivity index (χ2v) is 11.9. The number of hydrogen-bond acceptors (Lipinski definition) is 6. The largest absolute Gasteiger partial charge is 0.472 e. The molecule has 238 valence electrons. The molecule has 0 atom stereocenters. The van der Waals surface area contributed by atoms with Crippen molar-refractivity contribution in [2.24, 2.45) is 5.92 Å². The summed E-state index contributed by atoms with van der Waals surface area (Å²) in [7, 11) is 0. The third kappa shape index (κ3) is 6.97. The highest BCUT2D eigenvalue weighted by molar-refractivity contribution is 6.01. The first-order valence-electron chi connectivity index (χ1n) is 14.0. The first-order valence-corrected chi connectivity index (χ1v) is 14.0. The summed E-state index contributed by atoms with van der Waals surface area (Å²) in [5.74, 6) is -1.62. The molecule has 2 aliphatic rings. The Hall–Kier alpha value is -4.17. The summed E-state index contributed by atoms with van der Waals surface area (Å²) < 4.78 is 91.7.